The molecule has 6 heteroatoms. The minimum absolute atomic E-state index is 0.438. The van der Waals surface area contributed by atoms with E-state index in [-0.39, 0.29) is 0 Å². The molecule has 2 aromatic carbocycles. The summed E-state index contributed by atoms with van der Waals surface area (Å²) >= 11 is 3.54. The smallest absolute Gasteiger partial charge is 0.249 e. The molecule has 0 atom stereocenters. The van der Waals surface area contributed by atoms with Crippen LogP contribution in [0.25, 0.3) is 0 Å². The van der Waals surface area contributed by atoms with Gasteiger partial charge in [-0.2, -0.15) is 10.1 Å². The molecule has 2 N–H and O–H groups in total. The summed E-state index contributed by atoms with van der Waals surface area (Å²) in [4.78, 5) is 4.46. The summed E-state index contributed by atoms with van der Waals surface area (Å²) in [5.74, 6) is 1.08. The zero-order valence-corrected chi connectivity index (χ0v) is 15.3. The first kappa shape index (κ1) is 16.4. The summed E-state index contributed by atoms with van der Waals surface area (Å²) < 4.78 is 0.957. The van der Waals surface area contributed by atoms with Crippen molar-refractivity contribution in [2.24, 2.45) is 0 Å². The Balaban J connectivity index is 1.79. The molecular weight excluding hydrogens is 366 g/mol. The van der Waals surface area contributed by atoms with E-state index in [1.807, 2.05) is 31.2 Å². The van der Waals surface area contributed by atoms with Crippen molar-refractivity contribution in [3.8, 4) is 0 Å². The zero-order chi connectivity index (χ0) is 17.1. The van der Waals surface area contributed by atoms with E-state index in [0.717, 1.165) is 15.8 Å². The van der Waals surface area contributed by atoms with Crippen LogP contribution in [0, 0.1) is 20.8 Å². The van der Waals surface area contributed by atoms with Gasteiger partial charge in [-0.15, -0.1) is 5.10 Å². The Labute approximate surface area is 149 Å². The van der Waals surface area contributed by atoms with E-state index < -0.39 is 0 Å². The van der Waals surface area contributed by atoms with E-state index in [9.17, 15) is 0 Å². The van der Waals surface area contributed by atoms with Crippen LogP contribution in [0.3, 0.4) is 0 Å². The maximum atomic E-state index is 4.46. The largest absolute Gasteiger partial charge is 0.339 e. The molecular formula is C18H18BrN5. The second-order valence-electron chi connectivity index (χ2n) is 5.70. The van der Waals surface area contributed by atoms with Gasteiger partial charge >= 0.3 is 0 Å². The average Bonchev–Trinajstić information content (AvgIpc) is 2.54. The molecule has 0 aliphatic heterocycles. The molecule has 1 aromatic heterocycles. The molecule has 0 aliphatic rings. The lowest BCUT2D eigenvalue weighted by molar-refractivity contribution is 0.982. The topological polar surface area (TPSA) is 62.7 Å². The number of hydrogen-bond acceptors (Lipinski definition) is 5. The van der Waals surface area contributed by atoms with Gasteiger partial charge in [-0.25, -0.2) is 0 Å². The maximum absolute atomic E-state index is 4.46. The number of hydrogen-bond donors (Lipinski definition) is 2. The third-order valence-electron chi connectivity index (χ3n) is 3.71. The second-order valence-corrected chi connectivity index (χ2v) is 6.55. The molecule has 122 valence electrons. The lowest BCUT2D eigenvalue weighted by Gasteiger charge is -2.10. The van der Waals surface area contributed by atoms with Crippen molar-refractivity contribution in [3.05, 3.63) is 63.8 Å². The van der Waals surface area contributed by atoms with Crippen LogP contribution in [0.4, 0.5) is 23.1 Å². The quantitative estimate of drug-likeness (QED) is 0.659. The van der Waals surface area contributed by atoms with Crippen LogP contribution in [0.5, 0.6) is 0 Å². The number of benzene rings is 2. The van der Waals surface area contributed by atoms with E-state index >= 15 is 0 Å². The first-order valence-corrected chi connectivity index (χ1v) is 8.38. The first-order chi connectivity index (χ1) is 11.5. The highest BCUT2D eigenvalue weighted by atomic mass is 79.9. The van der Waals surface area contributed by atoms with Gasteiger partial charge in [0.2, 0.25) is 5.95 Å². The van der Waals surface area contributed by atoms with Gasteiger partial charge in [0.25, 0.3) is 0 Å². The molecule has 24 heavy (non-hydrogen) atoms. The fourth-order valence-corrected chi connectivity index (χ4v) is 2.82. The number of anilines is 4. The van der Waals surface area contributed by atoms with E-state index in [4.69, 9.17) is 0 Å². The lowest BCUT2D eigenvalue weighted by atomic mass is 10.1. The summed E-state index contributed by atoms with van der Waals surface area (Å²) in [7, 11) is 0. The van der Waals surface area contributed by atoms with Crippen LogP contribution in [-0.4, -0.2) is 15.2 Å². The Morgan fingerprint density at radius 3 is 2.50 bits per heavy atom. The van der Waals surface area contributed by atoms with E-state index in [1.165, 1.54) is 16.7 Å². The fraction of sp³-hybridized carbons (Fsp3) is 0.167. The molecule has 3 aromatic rings. The van der Waals surface area contributed by atoms with Crippen molar-refractivity contribution < 1.29 is 0 Å². The third kappa shape index (κ3) is 3.89. The van der Waals surface area contributed by atoms with Crippen LogP contribution in [-0.2, 0) is 0 Å². The normalized spacial score (nSPS) is 10.5. The van der Waals surface area contributed by atoms with Gasteiger partial charge in [0, 0.05) is 10.2 Å². The van der Waals surface area contributed by atoms with Crippen LogP contribution in [0.15, 0.2) is 47.1 Å². The predicted molar refractivity (Wildman–Crippen MR) is 101 cm³/mol. The van der Waals surface area contributed by atoms with E-state index in [2.05, 4.69) is 67.7 Å². The SMILES string of the molecule is Cc1ccc(Nc2nncc(Nc3ccc(C)c(C)c3)n2)c(Br)c1. The van der Waals surface area contributed by atoms with Crippen molar-refractivity contribution in [1.82, 2.24) is 15.2 Å². The van der Waals surface area contributed by atoms with Gasteiger partial charge in [-0.3, -0.25) is 0 Å². The Kier molecular flexibility index (Phi) is 4.76. The molecule has 5 nitrogen and oxygen atoms in total. The molecule has 0 amide bonds. The Bertz CT molecular complexity index is 879. The number of nitrogens with one attached hydrogen (secondary N) is 2. The summed E-state index contributed by atoms with van der Waals surface area (Å²) in [6.07, 6.45) is 1.60. The summed E-state index contributed by atoms with van der Waals surface area (Å²) in [5, 5.41) is 14.5. The first-order valence-electron chi connectivity index (χ1n) is 7.58. The minimum atomic E-state index is 0.438. The second kappa shape index (κ2) is 6.97. The molecule has 0 fully saturated rings. The Morgan fingerprint density at radius 1 is 0.917 bits per heavy atom. The lowest BCUT2D eigenvalue weighted by Crippen LogP contribution is -2.03. The molecule has 1 heterocycles. The Morgan fingerprint density at radius 2 is 1.75 bits per heavy atom. The van der Waals surface area contributed by atoms with Gasteiger partial charge in [-0.05, 0) is 77.7 Å². The standard InChI is InChI=1S/C18H18BrN5/c1-11-4-7-16(15(19)8-11)22-18-23-17(10-20-24-18)21-14-6-5-12(2)13(3)9-14/h4-10H,1-3H3,(H2,21,22,23,24). The molecule has 0 unspecified atom stereocenters. The monoisotopic (exact) mass is 383 g/mol. The van der Waals surface area contributed by atoms with Gasteiger partial charge in [-0.1, -0.05) is 12.1 Å². The number of aromatic nitrogens is 3. The van der Waals surface area contributed by atoms with Gasteiger partial charge in [0.15, 0.2) is 5.82 Å². The van der Waals surface area contributed by atoms with Crippen molar-refractivity contribution in [2.45, 2.75) is 20.8 Å². The molecule has 0 bridgehead atoms. The van der Waals surface area contributed by atoms with E-state index in [0.29, 0.717) is 11.8 Å². The molecule has 0 saturated carbocycles. The predicted octanol–water partition coefficient (Wildman–Crippen LogP) is 5.05. The molecule has 0 saturated heterocycles. The molecule has 0 radical (unpaired) electrons. The number of nitrogens with zero attached hydrogens (tertiary/aromatic N) is 3. The average molecular weight is 384 g/mol. The van der Waals surface area contributed by atoms with Crippen LogP contribution >= 0.6 is 15.9 Å². The Hall–Kier alpha value is -2.47. The van der Waals surface area contributed by atoms with Crippen LogP contribution in [0.1, 0.15) is 16.7 Å². The van der Waals surface area contributed by atoms with Crippen molar-refractivity contribution >= 4 is 39.1 Å². The zero-order valence-electron chi connectivity index (χ0n) is 13.8. The molecule has 3 rings (SSSR count). The van der Waals surface area contributed by atoms with Crippen LogP contribution < -0.4 is 10.6 Å². The minimum Gasteiger partial charge on any atom is -0.339 e. The summed E-state index contributed by atoms with van der Waals surface area (Å²) in [6.45, 7) is 6.22. The highest BCUT2D eigenvalue weighted by molar-refractivity contribution is 9.10. The van der Waals surface area contributed by atoms with Crippen molar-refractivity contribution in [1.29, 1.82) is 0 Å². The summed E-state index contributed by atoms with van der Waals surface area (Å²) in [6, 6.07) is 12.2. The van der Waals surface area contributed by atoms with E-state index in [1.54, 1.807) is 6.20 Å². The van der Waals surface area contributed by atoms with Gasteiger partial charge in [0.05, 0.1) is 11.9 Å². The van der Waals surface area contributed by atoms with Crippen molar-refractivity contribution in [3.63, 3.8) is 0 Å². The van der Waals surface area contributed by atoms with Crippen LogP contribution in [0.2, 0.25) is 0 Å². The number of rotatable bonds is 4. The molecule has 0 aliphatic carbocycles. The highest BCUT2D eigenvalue weighted by Gasteiger charge is 2.05. The highest BCUT2D eigenvalue weighted by Crippen LogP contribution is 2.26. The van der Waals surface area contributed by atoms with Crippen molar-refractivity contribution in [2.75, 3.05) is 10.6 Å². The maximum Gasteiger partial charge on any atom is 0.249 e. The van der Waals surface area contributed by atoms with Gasteiger partial charge in [0.1, 0.15) is 0 Å². The third-order valence-corrected chi connectivity index (χ3v) is 4.37. The summed E-state index contributed by atoms with van der Waals surface area (Å²) in [5.41, 5.74) is 5.53. The number of halogens is 1. The number of aryl methyl sites for hydroxylation is 3. The fourth-order valence-electron chi connectivity index (χ4n) is 2.23. The molecule has 0 spiro atoms. The van der Waals surface area contributed by atoms with Gasteiger partial charge < -0.3 is 10.6 Å².